The van der Waals surface area contributed by atoms with Crippen LogP contribution >= 0.6 is 11.8 Å². The number of carboxylic acids is 1. The lowest BCUT2D eigenvalue weighted by molar-refractivity contribution is -0.143. The number of rotatable bonds is 5. The molecule has 8 heteroatoms. The van der Waals surface area contributed by atoms with Crippen LogP contribution in [0.4, 0.5) is 0 Å². The fourth-order valence-electron chi connectivity index (χ4n) is 3.04. The van der Waals surface area contributed by atoms with Crippen LogP contribution in [0.1, 0.15) is 29.3 Å². The van der Waals surface area contributed by atoms with Crippen molar-refractivity contribution in [2.24, 2.45) is 11.8 Å². The van der Waals surface area contributed by atoms with Crippen molar-refractivity contribution in [3.63, 3.8) is 0 Å². The van der Waals surface area contributed by atoms with Crippen LogP contribution in [-0.4, -0.2) is 50.2 Å². The van der Waals surface area contributed by atoms with Gasteiger partial charge in [-0.3, -0.25) is 14.7 Å². The van der Waals surface area contributed by atoms with Gasteiger partial charge in [-0.15, -0.1) is 0 Å². The van der Waals surface area contributed by atoms with E-state index >= 15 is 0 Å². The molecule has 25 heavy (non-hydrogen) atoms. The standard InChI is InChI=1S/C17H20N4O3S/c1-11-6-14(16(23)24)8-21(7-11)15(22)13-4-2-12(3-5-13)9-25-17-18-10-19-20-17/h2-5,10-11,14H,6-9H2,1H3,(H,23,24)(H,18,19,20). The first-order valence-corrected chi connectivity index (χ1v) is 9.10. The predicted octanol–water partition coefficient (Wildman–Crippen LogP) is 2.28. The highest BCUT2D eigenvalue weighted by molar-refractivity contribution is 7.98. The SMILES string of the molecule is CC1CC(C(=O)O)CN(C(=O)c2ccc(CSc3ncn[nH]3)cc2)C1. The van der Waals surface area contributed by atoms with E-state index < -0.39 is 11.9 Å². The van der Waals surface area contributed by atoms with Crippen LogP contribution in [0.25, 0.3) is 0 Å². The van der Waals surface area contributed by atoms with Gasteiger partial charge in [0.15, 0.2) is 5.16 Å². The van der Waals surface area contributed by atoms with Crippen LogP contribution in [0.2, 0.25) is 0 Å². The number of thioether (sulfide) groups is 1. The number of piperidine rings is 1. The van der Waals surface area contributed by atoms with Crippen LogP contribution in [0.5, 0.6) is 0 Å². The molecule has 0 bridgehead atoms. The fraction of sp³-hybridized carbons (Fsp3) is 0.412. The van der Waals surface area contributed by atoms with Gasteiger partial charge >= 0.3 is 5.97 Å². The van der Waals surface area contributed by atoms with Gasteiger partial charge in [0, 0.05) is 24.4 Å². The summed E-state index contributed by atoms with van der Waals surface area (Å²) in [6.45, 7) is 2.87. The zero-order chi connectivity index (χ0) is 17.8. The highest BCUT2D eigenvalue weighted by atomic mass is 32.2. The molecule has 3 rings (SSSR count). The van der Waals surface area contributed by atoms with E-state index in [0.29, 0.717) is 18.5 Å². The predicted molar refractivity (Wildman–Crippen MR) is 93.2 cm³/mol. The third-order valence-corrected chi connectivity index (χ3v) is 5.21. The Labute approximate surface area is 149 Å². The van der Waals surface area contributed by atoms with Crippen LogP contribution in [0, 0.1) is 11.8 Å². The molecule has 132 valence electrons. The minimum absolute atomic E-state index is 0.104. The van der Waals surface area contributed by atoms with Gasteiger partial charge in [0.25, 0.3) is 5.91 Å². The summed E-state index contributed by atoms with van der Waals surface area (Å²) >= 11 is 1.54. The monoisotopic (exact) mass is 360 g/mol. The Bertz CT molecular complexity index is 733. The maximum Gasteiger partial charge on any atom is 0.308 e. The van der Waals surface area contributed by atoms with Crippen LogP contribution < -0.4 is 0 Å². The number of nitrogens with zero attached hydrogens (tertiary/aromatic N) is 3. The van der Waals surface area contributed by atoms with Crippen LogP contribution in [-0.2, 0) is 10.5 Å². The van der Waals surface area contributed by atoms with E-state index in [1.165, 1.54) is 18.1 Å². The highest BCUT2D eigenvalue weighted by Crippen LogP contribution is 2.24. The molecule has 1 aromatic carbocycles. The van der Waals surface area contributed by atoms with E-state index in [4.69, 9.17) is 0 Å². The van der Waals surface area contributed by atoms with E-state index in [1.54, 1.807) is 17.0 Å². The van der Waals surface area contributed by atoms with Crippen LogP contribution in [0.3, 0.4) is 0 Å². The minimum atomic E-state index is -0.830. The van der Waals surface area contributed by atoms with E-state index in [0.717, 1.165) is 16.5 Å². The summed E-state index contributed by atoms with van der Waals surface area (Å²) in [5.41, 5.74) is 1.67. The Morgan fingerprint density at radius 3 is 2.72 bits per heavy atom. The lowest BCUT2D eigenvalue weighted by atomic mass is 9.90. The number of carboxylic acid groups (broad SMARTS) is 1. The summed E-state index contributed by atoms with van der Waals surface area (Å²) in [7, 11) is 0. The summed E-state index contributed by atoms with van der Waals surface area (Å²) < 4.78 is 0. The van der Waals surface area contributed by atoms with Gasteiger partial charge in [-0.1, -0.05) is 30.8 Å². The molecule has 1 aliphatic rings. The summed E-state index contributed by atoms with van der Waals surface area (Å²) in [5, 5.41) is 16.6. The number of likely N-dealkylation sites (tertiary alicyclic amines) is 1. The Hall–Kier alpha value is -2.35. The molecule has 1 fully saturated rings. The number of carbonyl (C=O) groups is 2. The first-order chi connectivity index (χ1) is 12.0. The number of amides is 1. The van der Waals surface area contributed by atoms with Crippen LogP contribution in [0.15, 0.2) is 35.7 Å². The zero-order valence-electron chi connectivity index (χ0n) is 13.9. The molecule has 1 amide bonds. The molecule has 0 aliphatic carbocycles. The second-order valence-corrected chi connectivity index (χ2v) is 7.33. The Balaban J connectivity index is 1.62. The maximum absolute atomic E-state index is 12.7. The second kappa shape index (κ2) is 7.69. The normalized spacial score (nSPS) is 20.4. The lowest BCUT2D eigenvalue weighted by Crippen LogP contribution is -2.45. The second-order valence-electron chi connectivity index (χ2n) is 6.36. The molecule has 0 saturated carbocycles. The van der Waals surface area contributed by atoms with Crippen molar-refractivity contribution < 1.29 is 14.7 Å². The Kier molecular flexibility index (Phi) is 5.37. The smallest absolute Gasteiger partial charge is 0.308 e. The molecular weight excluding hydrogens is 340 g/mol. The number of benzene rings is 1. The number of nitrogens with one attached hydrogen (secondary N) is 1. The van der Waals surface area contributed by atoms with Crippen molar-refractivity contribution in [2.75, 3.05) is 13.1 Å². The van der Waals surface area contributed by atoms with Crippen molar-refractivity contribution in [3.05, 3.63) is 41.7 Å². The summed E-state index contributed by atoms with van der Waals surface area (Å²) in [4.78, 5) is 29.7. The van der Waals surface area contributed by atoms with Crippen molar-refractivity contribution >= 4 is 23.6 Å². The van der Waals surface area contributed by atoms with E-state index in [2.05, 4.69) is 15.2 Å². The van der Waals surface area contributed by atoms with Gasteiger partial charge in [-0.25, -0.2) is 4.98 Å². The molecule has 2 atom stereocenters. The number of aliphatic carboxylic acids is 1. The maximum atomic E-state index is 12.7. The number of hydrogen-bond acceptors (Lipinski definition) is 5. The fourth-order valence-corrected chi connectivity index (χ4v) is 3.77. The molecule has 2 heterocycles. The van der Waals surface area contributed by atoms with Gasteiger partial charge in [0.2, 0.25) is 0 Å². The van der Waals surface area contributed by atoms with Gasteiger partial charge in [0.1, 0.15) is 6.33 Å². The Morgan fingerprint density at radius 1 is 1.32 bits per heavy atom. The van der Waals surface area contributed by atoms with Crippen molar-refractivity contribution in [1.82, 2.24) is 20.1 Å². The molecule has 7 nitrogen and oxygen atoms in total. The minimum Gasteiger partial charge on any atom is -0.481 e. The lowest BCUT2D eigenvalue weighted by Gasteiger charge is -2.34. The number of hydrogen-bond donors (Lipinski definition) is 2. The first kappa shape index (κ1) is 17.5. The molecular formula is C17H20N4O3S. The summed E-state index contributed by atoms with van der Waals surface area (Å²) in [6, 6.07) is 7.43. The van der Waals surface area contributed by atoms with E-state index in [1.807, 2.05) is 19.1 Å². The molecule has 2 unspecified atom stereocenters. The number of aromatic nitrogens is 3. The summed E-state index contributed by atoms with van der Waals surface area (Å²) in [5.74, 6) is -0.496. The molecule has 2 N–H and O–H groups in total. The van der Waals surface area contributed by atoms with Gasteiger partial charge < -0.3 is 10.0 Å². The van der Waals surface area contributed by atoms with E-state index in [-0.39, 0.29) is 18.4 Å². The topological polar surface area (TPSA) is 99.2 Å². The third kappa shape index (κ3) is 4.39. The zero-order valence-corrected chi connectivity index (χ0v) is 14.7. The van der Waals surface area contributed by atoms with Crippen molar-refractivity contribution in [1.29, 1.82) is 0 Å². The van der Waals surface area contributed by atoms with Gasteiger partial charge in [0.05, 0.1) is 5.92 Å². The summed E-state index contributed by atoms with van der Waals surface area (Å²) in [6.07, 6.45) is 2.09. The molecule has 0 spiro atoms. The number of carbonyl (C=O) groups excluding carboxylic acids is 1. The van der Waals surface area contributed by atoms with E-state index in [9.17, 15) is 14.7 Å². The molecule has 1 saturated heterocycles. The van der Waals surface area contributed by atoms with Crippen molar-refractivity contribution in [3.8, 4) is 0 Å². The molecule has 1 aromatic heterocycles. The third-order valence-electron chi connectivity index (χ3n) is 4.27. The highest BCUT2D eigenvalue weighted by Gasteiger charge is 2.32. The largest absolute Gasteiger partial charge is 0.481 e. The average molecular weight is 360 g/mol. The first-order valence-electron chi connectivity index (χ1n) is 8.12. The Morgan fingerprint density at radius 2 is 2.08 bits per heavy atom. The molecule has 1 aliphatic heterocycles. The number of H-pyrrole nitrogens is 1. The molecule has 2 aromatic rings. The number of aromatic amines is 1. The average Bonchev–Trinajstić information content (AvgIpc) is 3.13. The quantitative estimate of drug-likeness (QED) is 0.794. The van der Waals surface area contributed by atoms with Crippen molar-refractivity contribution in [2.45, 2.75) is 24.3 Å². The van der Waals surface area contributed by atoms with Gasteiger partial charge in [-0.05, 0) is 30.0 Å². The van der Waals surface area contributed by atoms with Gasteiger partial charge in [-0.2, -0.15) is 5.10 Å². The molecule has 0 radical (unpaired) electrons.